The molecule has 0 saturated carbocycles. The highest BCUT2D eigenvalue weighted by atomic mass is 16.5. The fourth-order valence-corrected chi connectivity index (χ4v) is 3.07. The third kappa shape index (κ3) is 6.49. The van der Waals surface area contributed by atoms with E-state index in [0.717, 1.165) is 11.1 Å². The van der Waals surface area contributed by atoms with Crippen molar-refractivity contribution in [2.24, 2.45) is 0 Å². The average Bonchev–Trinajstić information content (AvgIpc) is 2.77. The SMILES string of the molecule is COc1ccc(CC(=O)N(Cc2ccccc2)[C@@H](C)C(=O)NCCCO)cc1OC. The lowest BCUT2D eigenvalue weighted by molar-refractivity contribution is -0.140. The summed E-state index contributed by atoms with van der Waals surface area (Å²) in [5.41, 5.74) is 1.71. The van der Waals surface area contributed by atoms with Gasteiger partial charge in [-0.15, -0.1) is 0 Å². The van der Waals surface area contributed by atoms with Crippen LogP contribution in [0, 0.1) is 0 Å². The fourth-order valence-electron chi connectivity index (χ4n) is 3.07. The van der Waals surface area contributed by atoms with E-state index in [1.807, 2.05) is 36.4 Å². The van der Waals surface area contributed by atoms with Gasteiger partial charge in [-0.3, -0.25) is 9.59 Å². The van der Waals surface area contributed by atoms with E-state index in [1.165, 1.54) is 0 Å². The highest BCUT2D eigenvalue weighted by Crippen LogP contribution is 2.28. The zero-order valence-electron chi connectivity index (χ0n) is 17.8. The molecule has 2 amide bonds. The van der Waals surface area contributed by atoms with Gasteiger partial charge in [-0.05, 0) is 36.6 Å². The minimum atomic E-state index is -0.656. The number of nitrogens with one attached hydrogen (secondary N) is 1. The summed E-state index contributed by atoms with van der Waals surface area (Å²) >= 11 is 0. The van der Waals surface area contributed by atoms with E-state index in [4.69, 9.17) is 14.6 Å². The van der Waals surface area contributed by atoms with Gasteiger partial charge < -0.3 is 24.8 Å². The van der Waals surface area contributed by atoms with Crippen LogP contribution in [0.5, 0.6) is 11.5 Å². The van der Waals surface area contributed by atoms with Crippen molar-refractivity contribution in [2.45, 2.75) is 32.4 Å². The topological polar surface area (TPSA) is 88.1 Å². The Bertz CT molecular complexity index is 826. The van der Waals surface area contributed by atoms with Gasteiger partial charge in [0.25, 0.3) is 0 Å². The van der Waals surface area contributed by atoms with Gasteiger partial charge in [0.1, 0.15) is 6.04 Å². The Labute approximate surface area is 177 Å². The van der Waals surface area contributed by atoms with Crippen LogP contribution in [0.2, 0.25) is 0 Å². The van der Waals surface area contributed by atoms with Crippen molar-refractivity contribution >= 4 is 11.8 Å². The summed E-state index contributed by atoms with van der Waals surface area (Å²) in [4.78, 5) is 27.3. The maximum absolute atomic E-state index is 13.2. The molecule has 2 aromatic carbocycles. The van der Waals surface area contributed by atoms with Gasteiger partial charge in [0.05, 0.1) is 20.6 Å². The highest BCUT2D eigenvalue weighted by molar-refractivity contribution is 5.88. The van der Waals surface area contributed by atoms with Gasteiger partial charge in [-0.1, -0.05) is 36.4 Å². The van der Waals surface area contributed by atoms with Gasteiger partial charge in [0.15, 0.2) is 11.5 Å². The Morgan fingerprint density at radius 2 is 1.73 bits per heavy atom. The lowest BCUT2D eigenvalue weighted by Crippen LogP contribution is -2.48. The molecule has 0 unspecified atom stereocenters. The highest BCUT2D eigenvalue weighted by Gasteiger charge is 2.26. The van der Waals surface area contributed by atoms with Crippen LogP contribution < -0.4 is 14.8 Å². The standard InChI is InChI=1S/C23H30N2O5/c1-17(23(28)24-12-7-13-26)25(16-18-8-5-4-6-9-18)22(27)15-19-10-11-20(29-2)21(14-19)30-3/h4-6,8-11,14,17,26H,7,12-13,15-16H2,1-3H3,(H,24,28)/t17-/m0/s1. The minimum Gasteiger partial charge on any atom is -0.493 e. The van der Waals surface area contributed by atoms with Crippen molar-refractivity contribution < 1.29 is 24.2 Å². The van der Waals surface area contributed by atoms with E-state index >= 15 is 0 Å². The monoisotopic (exact) mass is 414 g/mol. The number of aliphatic hydroxyl groups is 1. The van der Waals surface area contributed by atoms with Crippen molar-refractivity contribution in [3.63, 3.8) is 0 Å². The van der Waals surface area contributed by atoms with Gasteiger partial charge in [0, 0.05) is 19.7 Å². The minimum absolute atomic E-state index is 0.000619. The lowest BCUT2D eigenvalue weighted by Gasteiger charge is -2.29. The maximum Gasteiger partial charge on any atom is 0.242 e. The predicted molar refractivity (Wildman–Crippen MR) is 114 cm³/mol. The number of ether oxygens (including phenoxy) is 2. The van der Waals surface area contributed by atoms with E-state index in [1.54, 1.807) is 38.2 Å². The molecule has 7 nitrogen and oxygen atoms in total. The Hall–Kier alpha value is -3.06. The van der Waals surface area contributed by atoms with Crippen LogP contribution in [0.1, 0.15) is 24.5 Å². The number of aliphatic hydroxyl groups excluding tert-OH is 1. The Morgan fingerprint density at radius 1 is 1.03 bits per heavy atom. The molecule has 7 heteroatoms. The van der Waals surface area contributed by atoms with Crippen molar-refractivity contribution in [3.8, 4) is 11.5 Å². The van der Waals surface area contributed by atoms with Gasteiger partial charge in [-0.25, -0.2) is 0 Å². The van der Waals surface area contributed by atoms with Crippen LogP contribution in [0.4, 0.5) is 0 Å². The number of amides is 2. The zero-order chi connectivity index (χ0) is 21.9. The van der Waals surface area contributed by atoms with Crippen LogP contribution in [-0.4, -0.2) is 55.2 Å². The summed E-state index contributed by atoms with van der Waals surface area (Å²) in [6.45, 7) is 2.40. The quantitative estimate of drug-likeness (QED) is 0.550. The maximum atomic E-state index is 13.2. The van der Waals surface area contributed by atoms with E-state index in [2.05, 4.69) is 5.32 Å². The van der Waals surface area contributed by atoms with E-state index in [0.29, 0.717) is 31.0 Å². The van der Waals surface area contributed by atoms with E-state index < -0.39 is 6.04 Å². The van der Waals surface area contributed by atoms with Crippen LogP contribution in [0.15, 0.2) is 48.5 Å². The number of hydrogen-bond donors (Lipinski definition) is 2. The summed E-state index contributed by atoms with van der Waals surface area (Å²) in [7, 11) is 3.10. The first-order chi connectivity index (χ1) is 14.5. The summed E-state index contributed by atoms with van der Waals surface area (Å²) < 4.78 is 10.6. The number of rotatable bonds is 11. The van der Waals surface area contributed by atoms with Crippen molar-refractivity contribution in [1.29, 1.82) is 0 Å². The molecule has 1 atom stereocenters. The van der Waals surface area contributed by atoms with Crippen molar-refractivity contribution in [2.75, 3.05) is 27.4 Å². The molecule has 2 rings (SSSR count). The lowest BCUT2D eigenvalue weighted by atomic mass is 10.1. The molecule has 2 aromatic rings. The molecule has 0 aliphatic heterocycles. The molecule has 0 aromatic heterocycles. The summed E-state index contributed by atoms with van der Waals surface area (Å²) in [6.07, 6.45) is 0.595. The van der Waals surface area contributed by atoms with Crippen LogP contribution in [-0.2, 0) is 22.6 Å². The van der Waals surface area contributed by atoms with Gasteiger partial charge in [0.2, 0.25) is 11.8 Å². The van der Waals surface area contributed by atoms with Crippen molar-refractivity contribution in [3.05, 3.63) is 59.7 Å². The fraction of sp³-hybridized carbons (Fsp3) is 0.391. The summed E-state index contributed by atoms with van der Waals surface area (Å²) in [5.74, 6) is 0.717. The zero-order valence-corrected chi connectivity index (χ0v) is 17.8. The first-order valence-electron chi connectivity index (χ1n) is 9.93. The molecule has 0 aliphatic carbocycles. The summed E-state index contributed by atoms with van der Waals surface area (Å²) in [5, 5.41) is 11.7. The molecule has 0 aliphatic rings. The third-order valence-corrected chi connectivity index (χ3v) is 4.80. The Kier molecular flexibility index (Phi) is 9.15. The average molecular weight is 415 g/mol. The molecule has 162 valence electrons. The number of nitrogens with zero attached hydrogens (tertiary/aromatic N) is 1. The summed E-state index contributed by atoms with van der Waals surface area (Å²) in [6, 6.07) is 14.2. The van der Waals surface area contributed by atoms with Crippen LogP contribution in [0.3, 0.4) is 0 Å². The van der Waals surface area contributed by atoms with Crippen LogP contribution >= 0.6 is 0 Å². The number of carbonyl (C=O) groups is 2. The molecule has 0 bridgehead atoms. The van der Waals surface area contributed by atoms with Gasteiger partial charge >= 0.3 is 0 Å². The normalized spacial score (nSPS) is 11.5. The molecular formula is C23H30N2O5. The second-order valence-corrected chi connectivity index (χ2v) is 6.92. The number of methoxy groups -OCH3 is 2. The second kappa shape index (κ2) is 11.8. The Balaban J connectivity index is 2.20. The number of benzene rings is 2. The molecule has 0 heterocycles. The molecule has 0 saturated heterocycles. The molecule has 0 spiro atoms. The third-order valence-electron chi connectivity index (χ3n) is 4.80. The molecule has 30 heavy (non-hydrogen) atoms. The first kappa shape index (κ1) is 23.2. The largest absolute Gasteiger partial charge is 0.493 e. The second-order valence-electron chi connectivity index (χ2n) is 6.92. The first-order valence-corrected chi connectivity index (χ1v) is 9.93. The Morgan fingerprint density at radius 3 is 2.37 bits per heavy atom. The molecule has 2 N–H and O–H groups in total. The van der Waals surface area contributed by atoms with E-state index in [9.17, 15) is 9.59 Å². The molecular weight excluding hydrogens is 384 g/mol. The van der Waals surface area contributed by atoms with Crippen molar-refractivity contribution in [1.82, 2.24) is 10.2 Å². The number of carbonyl (C=O) groups excluding carboxylic acids is 2. The molecule has 0 radical (unpaired) electrons. The predicted octanol–water partition coefficient (Wildman–Crippen LogP) is 2.16. The van der Waals surface area contributed by atoms with Crippen LogP contribution in [0.25, 0.3) is 0 Å². The number of hydrogen-bond acceptors (Lipinski definition) is 5. The van der Waals surface area contributed by atoms with E-state index in [-0.39, 0.29) is 24.8 Å². The smallest absolute Gasteiger partial charge is 0.242 e. The molecule has 0 fully saturated rings. The van der Waals surface area contributed by atoms with Gasteiger partial charge in [-0.2, -0.15) is 0 Å².